The maximum atomic E-state index is 12.0. The lowest BCUT2D eigenvalue weighted by atomic mass is 10.1. The fourth-order valence-electron chi connectivity index (χ4n) is 2.10. The molecule has 0 saturated heterocycles. The lowest BCUT2D eigenvalue weighted by Crippen LogP contribution is -2.24. The molecule has 2 rings (SSSR count). The quantitative estimate of drug-likeness (QED) is 0.861. The molecule has 0 spiro atoms. The first kappa shape index (κ1) is 16.5. The lowest BCUT2D eigenvalue weighted by molar-refractivity contribution is -0.120. The van der Waals surface area contributed by atoms with Gasteiger partial charge in [0, 0.05) is 19.2 Å². The van der Waals surface area contributed by atoms with Crippen molar-refractivity contribution in [2.24, 2.45) is 0 Å². The van der Waals surface area contributed by atoms with Gasteiger partial charge in [0.1, 0.15) is 5.75 Å². The van der Waals surface area contributed by atoms with Crippen molar-refractivity contribution < 1.29 is 14.3 Å². The zero-order valence-corrected chi connectivity index (χ0v) is 13.3. The number of methoxy groups -OCH3 is 1. The number of amides is 2. The van der Waals surface area contributed by atoms with Crippen LogP contribution in [0.4, 0.5) is 5.69 Å². The molecule has 2 aromatic rings. The molecule has 0 aliphatic heterocycles. The molecule has 0 heterocycles. The van der Waals surface area contributed by atoms with Gasteiger partial charge in [-0.3, -0.25) is 9.59 Å². The largest absolute Gasteiger partial charge is 0.497 e. The fraction of sp³-hybridized carbons (Fsp3) is 0.222. The third kappa shape index (κ3) is 5.47. The second-order valence-corrected chi connectivity index (χ2v) is 5.18. The normalized spacial score (nSPS) is 10.0. The Labute approximate surface area is 135 Å². The molecule has 0 saturated carbocycles. The molecule has 120 valence electrons. The Morgan fingerprint density at radius 1 is 0.957 bits per heavy atom. The van der Waals surface area contributed by atoms with E-state index in [1.165, 1.54) is 6.92 Å². The average molecular weight is 312 g/mol. The molecule has 2 aromatic carbocycles. The maximum Gasteiger partial charge on any atom is 0.224 e. The van der Waals surface area contributed by atoms with Crippen LogP contribution in [0.1, 0.15) is 18.1 Å². The van der Waals surface area contributed by atoms with Crippen LogP contribution < -0.4 is 15.4 Å². The first-order valence-electron chi connectivity index (χ1n) is 7.33. The van der Waals surface area contributed by atoms with Crippen molar-refractivity contribution in [3.63, 3.8) is 0 Å². The van der Waals surface area contributed by atoms with E-state index in [9.17, 15) is 9.59 Å². The summed E-state index contributed by atoms with van der Waals surface area (Å²) >= 11 is 0. The first-order chi connectivity index (χ1) is 11.1. The highest BCUT2D eigenvalue weighted by molar-refractivity contribution is 5.88. The van der Waals surface area contributed by atoms with Crippen LogP contribution in [-0.4, -0.2) is 18.9 Å². The summed E-state index contributed by atoms with van der Waals surface area (Å²) in [6.45, 7) is 1.94. The molecule has 0 fully saturated rings. The van der Waals surface area contributed by atoms with Gasteiger partial charge in [-0.05, 0) is 35.4 Å². The third-order valence-corrected chi connectivity index (χ3v) is 3.29. The molecule has 0 aliphatic carbocycles. The molecule has 5 heteroatoms. The Hall–Kier alpha value is -2.82. The molecule has 0 unspecified atom stereocenters. The molecule has 0 aromatic heterocycles. The molecule has 0 bridgehead atoms. The summed E-state index contributed by atoms with van der Waals surface area (Å²) in [4.78, 5) is 22.9. The molecular weight excluding hydrogens is 292 g/mol. The van der Waals surface area contributed by atoms with Crippen LogP contribution in [0.25, 0.3) is 0 Å². The van der Waals surface area contributed by atoms with Gasteiger partial charge in [-0.2, -0.15) is 0 Å². The van der Waals surface area contributed by atoms with Gasteiger partial charge >= 0.3 is 0 Å². The summed E-state index contributed by atoms with van der Waals surface area (Å²) in [6, 6.07) is 14.8. The molecule has 0 aliphatic rings. The molecule has 0 radical (unpaired) electrons. The third-order valence-electron chi connectivity index (χ3n) is 3.29. The van der Waals surface area contributed by atoms with Gasteiger partial charge in [0.25, 0.3) is 0 Å². The monoisotopic (exact) mass is 312 g/mol. The number of anilines is 1. The van der Waals surface area contributed by atoms with E-state index < -0.39 is 0 Å². The summed E-state index contributed by atoms with van der Waals surface area (Å²) in [7, 11) is 1.62. The number of carbonyl (C=O) groups is 2. The van der Waals surface area contributed by atoms with E-state index in [1.54, 1.807) is 19.2 Å². The maximum absolute atomic E-state index is 12.0. The summed E-state index contributed by atoms with van der Waals surface area (Å²) in [5, 5.41) is 5.57. The molecule has 2 amide bonds. The van der Waals surface area contributed by atoms with E-state index in [1.807, 2.05) is 36.4 Å². The van der Waals surface area contributed by atoms with Crippen molar-refractivity contribution in [3.05, 3.63) is 59.7 Å². The summed E-state index contributed by atoms with van der Waals surface area (Å²) in [5.74, 6) is 0.627. The van der Waals surface area contributed by atoms with Gasteiger partial charge in [0.15, 0.2) is 0 Å². The smallest absolute Gasteiger partial charge is 0.224 e. The predicted molar refractivity (Wildman–Crippen MR) is 89.3 cm³/mol. The molecule has 23 heavy (non-hydrogen) atoms. The van der Waals surface area contributed by atoms with E-state index in [0.29, 0.717) is 13.0 Å². The van der Waals surface area contributed by atoms with Crippen LogP contribution in [-0.2, 0) is 22.6 Å². The Morgan fingerprint density at radius 3 is 2.13 bits per heavy atom. The van der Waals surface area contributed by atoms with E-state index in [0.717, 1.165) is 22.6 Å². The van der Waals surface area contributed by atoms with Gasteiger partial charge in [0.2, 0.25) is 11.8 Å². The van der Waals surface area contributed by atoms with Crippen LogP contribution in [0.15, 0.2) is 48.5 Å². The van der Waals surface area contributed by atoms with E-state index >= 15 is 0 Å². The van der Waals surface area contributed by atoms with Crippen molar-refractivity contribution in [1.82, 2.24) is 5.32 Å². The minimum Gasteiger partial charge on any atom is -0.497 e. The van der Waals surface area contributed by atoms with Crippen LogP contribution >= 0.6 is 0 Å². The molecule has 5 nitrogen and oxygen atoms in total. The number of nitrogens with one attached hydrogen (secondary N) is 2. The van der Waals surface area contributed by atoms with Crippen molar-refractivity contribution in [3.8, 4) is 5.75 Å². The highest BCUT2D eigenvalue weighted by Crippen LogP contribution is 2.12. The minimum absolute atomic E-state index is 0.0481. The Kier molecular flexibility index (Phi) is 5.74. The molecule has 0 atom stereocenters. The van der Waals surface area contributed by atoms with Crippen molar-refractivity contribution in [2.75, 3.05) is 12.4 Å². The van der Waals surface area contributed by atoms with Gasteiger partial charge < -0.3 is 15.4 Å². The SMILES string of the molecule is COc1ccc(CNC(=O)Cc2ccc(NC(C)=O)cc2)cc1. The number of rotatable bonds is 6. The predicted octanol–water partition coefficient (Wildman–Crippen LogP) is 2.51. The summed E-state index contributed by atoms with van der Waals surface area (Å²) in [6.07, 6.45) is 0.302. The van der Waals surface area contributed by atoms with E-state index in [2.05, 4.69) is 10.6 Å². The molecular formula is C18H20N2O3. The van der Waals surface area contributed by atoms with Crippen LogP contribution in [0.2, 0.25) is 0 Å². The number of hydrogen-bond donors (Lipinski definition) is 2. The van der Waals surface area contributed by atoms with Gasteiger partial charge in [-0.15, -0.1) is 0 Å². The Bertz CT molecular complexity index is 664. The fourth-order valence-corrected chi connectivity index (χ4v) is 2.10. The number of benzene rings is 2. The first-order valence-corrected chi connectivity index (χ1v) is 7.33. The lowest BCUT2D eigenvalue weighted by Gasteiger charge is -2.07. The number of hydrogen-bond acceptors (Lipinski definition) is 3. The summed E-state index contributed by atoms with van der Waals surface area (Å²) in [5.41, 5.74) is 2.63. The zero-order chi connectivity index (χ0) is 16.7. The van der Waals surface area contributed by atoms with Crippen LogP contribution in [0.3, 0.4) is 0 Å². The standard InChI is InChI=1S/C18H20N2O3/c1-13(21)20-16-7-3-14(4-8-16)11-18(22)19-12-15-5-9-17(23-2)10-6-15/h3-10H,11-12H2,1-2H3,(H,19,22)(H,20,21). The van der Waals surface area contributed by atoms with Crippen molar-refractivity contribution >= 4 is 17.5 Å². The Balaban J connectivity index is 1.82. The van der Waals surface area contributed by atoms with E-state index in [-0.39, 0.29) is 11.8 Å². The highest BCUT2D eigenvalue weighted by atomic mass is 16.5. The van der Waals surface area contributed by atoms with Gasteiger partial charge in [-0.1, -0.05) is 24.3 Å². The van der Waals surface area contributed by atoms with Gasteiger partial charge in [0.05, 0.1) is 13.5 Å². The van der Waals surface area contributed by atoms with E-state index in [4.69, 9.17) is 4.74 Å². The second-order valence-electron chi connectivity index (χ2n) is 5.18. The van der Waals surface area contributed by atoms with Gasteiger partial charge in [-0.25, -0.2) is 0 Å². The Morgan fingerprint density at radius 2 is 1.57 bits per heavy atom. The van der Waals surface area contributed by atoms with Crippen LogP contribution in [0, 0.1) is 0 Å². The highest BCUT2D eigenvalue weighted by Gasteiger charge is 2.04. The second kappa shape index (κ2) is 7.98. The average Bonchev–Trinajstić information content (AvgIpc) is 2.55. The minimum atomic E-state index is -0.116. The van der Waals surface area contributed by atoms with Crippen molar-refractivity contribution in [1.29, 1.82) is 0 Å². The molecule has 2 N–H and O–H groups in total. The number of ether oxygens (including phenoxy) is 1. The zero-order valence-electron chi connectivity index (χ0n) is 13.3. The topological polar surface area (TPSA) is 67.4 Å². The summed E-state index contributed by atoms with van der Waals surface area (Å²) < 4.78 is 5.09. The van der Waals surface area contributed by atoms with Crippen LogP contribution in [0.5, 0.6) is 5.75 Å². The van der Waals surface area contributed by atoms with Crippen molar-refractivity contribution in [2.45, 2.75) is 19.9 Å². The number of carbonyl (C=O) groups excluding carboxylic acids is 2.